The second-order valence-corrected chi connectivity index (χ2v) is 4.96. The molecule has 0 amide bonds. The van der Waals surface area contributed by atoms with Gasteiger partial charge in [-0.2, -0.15) is 0 Å². The monoisotopic (exact) mass is 346 g/mol. The average Bonchev–Trinajstić information content (AvgIpc) is 2.32. The van der Waals surface area contributed by atoms with Gasteiger partial charge in [0.15, 0.2) is 5.78 Å². The molecule has 0 saturated carbocycles. The lowest BCUT2D eigenvalue weighted by atomic mass is 10.0. The minimum Gasteiger partial charge on any atom is -0.294 e. The summed E-state index contributed by atoms with van der Waals surface area (Å²) >= 11 is 2.87. The molecular weight excluding hydrogens is 340 g/mol. The molecule has 2 aromatic carbocycles. The van der Waals surface area contributed by atoms with Gasteiger partial charge in [-0.1, -0.05) is 22.0 Å². The van der Waals surface area contributed by atoms with Gasteiger partial charge in [-0.25, -0.2) is 17.6 Å². The van der Waals surface area contributed by atoms with Gasteiger partial charge in [-0.3, -0.25) is 4.79 Å². The number of ketones is 1. The highest BCUT2D eigenvalue weighted by atomic mass is 79.9. The third-order valence-corrected chi connectivity index (χ3v) is 3.14. The Morgan fingerprint density at radius 2 is 1.45 bits per heavy atom. The Morgan fingerprint density at radius 1 is 0.950 bits per heavy atom. The molecule has 2 rings (SSSR count). The van der Waals surface area contributed by atoms with E-state index in [4.69, 9.17) is 0 Å². The predicted molar refractivity (Wildman–Crippen MR) is 68.5 cm³/mol. The molecule has 0 aliphatic carbocycles. The number of hydrogen-bond acceptors (Lipinski definition) is 1. The molecule has 0 atom stereocenters. The molecule has 6 heteroatoms. The van der Waals surface area contributed by atoms with Crippen molar-refractivity contribution in [3.8, 4) is 0 Å². The van der Waals surface area contributed by atoms with E-state index < -0.39 is 46.6 Å². The zero-order valence-electron chi connectivity index (χ0n) is 9.89. The first-order chi connectivity index (χ1) is 9.40. The molecule has 0 aliphatic rings. The molecule has 0 bridgehead atoms. The van der Waals surface area contributed by atoms with E-state index in [1.807, 2.05) is 0 Å². The maximum Gasteiger partial charge on any atom is 0.173 e. The molecule has 104 valence electrons. The van der Waals surface area contributed by atoms with Crippen LogP contribution in [-0.2, 0) is 6.42 Å². The van der Waals surface area contributed by atoms with Crippen LogP contribution in [-0.4, -0.2) is 5.78 Å². The maximum atomic E-state index is 13.6. The number of hydrogen-bond donors (Lipinski definition) is 0. The van der Waals surface area contributed by atoms with Crippen molar-refractivity contribution in [1.29, 1.82) is 0 Å². The minimum atomic E-state index is -1.08. The van der Waals surface area contributed by atoms with Gasteiger partial charge in [-0.05, 0) is 24.3 Å². The summed E-state index contributed by atoms with van der Waals surface area (Å²) in [5.41, 5.74) is -1.32. The first-order valence-corrected chi connectivity index (χ1v) is 6.30. The van der Waals surface area contributed by atoms with Gasteiger partial charge >= 0.3 is 0 Å². The molecule has 0 N–H and O–H groups in total. The summed E-state index contributed by atoms with van der Waals surface area (Å²) in [6.45, 7) is 0. The molecule has 0 unspecified atom stereocenters. The van der Waals surface area contributed by atoms with Crippen LogP contribution in [0.2, 0.25) is 0 Å². The van der Waals surface area contributed by atoms with Crippen LogP contribution in [0.3, 0.4) is 0 Å². The summed E-state index contributed by atoms with van der Waals surface area (Å²) in [6.07, 6.45) is -0.756. The highest BCUT2D eigenvalue weighted by molar-refractivity contribution is 9.10. The van der Waals surface area contributed by atoms with Crippen molar-refractivity contribution in [3.63, 3.8) is 0 Å². The van der Waals surface area contributed by atoms with E-state index in [2.05, 4.69) is 15.9 Å². The van der Waals surface area contributed by atoms with E-state index in [0.29, 0.717) is 0 Å². The standard InChI is InChI=1S/C14H7BrF4O/c15-7-4-11(18)14(12(19)5-7)13(20)6-8-9(16)2-1-3-10(8)17/h1-5H,6H2. The Bertz CT molecular complexity index is 642. The Hall–Kier alpha value is -1.69. The van der Waals surface area contributed by atoms with E-state index >= 15 is 0 Å². The first-order valence-electron chi connectivity index (χ1n) is 5.50. The third kappa shape index (κ3) is 2.90. The zero-order valence-corrected chi connectivity index (χ0v) is 11.5. The van der Waals surface area contributed by atoms with E-state index in [1.165, 1.54) is 0 Å². The van der Waals surface area contributed by atoms with Crippen LogP contribution in [0, 0.1) is 23.3 Å². The SMILES string of the molecule is O=C(Cc1c(F)cccc1F)c1c(F)cc(Br)cc1F. The van der Waals surface area contributed by atoms with E-state index in [9.17, 15) is 22.4 Å². The Kier molecular flexibility index (Phi) is 4.23. The summed E-state index contributed by atoms with van der Waals surface area (Å²) in [5, 5.41) is 0. The van der Waals surface area contributed by atoms with Gasteiger partial charge in [0.25, 0.3) is 0 Å². The highest BCUT2D eigenvalue weighted by Crippen LogP contribution is 2.22. The number of benzene rings is 2. The Labute approximate surface area is 120 Å². The fourth-order valence-corrected chi connectivity index (χ4v) is 2.16. The second kappa shape index (κ2) is 5.75. The molecule has 2 aromatic rings. The number of carbonyl (C=O) groups is 1. The quantitative estimate of drug-likeness (QED) is 0.593. The molecular formula is C14H7BrF4O. The lowest BCUT2D eigenvalue weighted by Crippen LogP contribution is -2.11. The number of rotatable bonds is 3. The van der Waals surface area contributed by atoms with Crippen LogP contribution >= 0.6 is 15.9 Å². The van der Waals surface area contributed by atoms with Gasteiger partial charge < -0.3 is 0 Å². The van der Waals surface area contributed by atoms with Crippen molar-refractivity contribution in [2.75, 3.05) is 0 Å². The van der Waals surface area contributed by atoms with Crippen molar-refractivity contribution in [2.24, 2.45) is 0 Å². The third-order valence-electron chi connectivity index (χ3n) is 2.68. The first kappa shape index (κ1) is 14.7. The van der Waals surface area contributed by atoms with Gasteiger partial charge in [0.1, 0.15) is 23.3 Å². The maximum absolute atomic E-state index is 13.6. The van der Waals surface area contributed by atoms with Crippen molar-refractivity contribution in [1.82, 2.24) is 0 Å². The number of carbonyl (C=O) groups excluding carboxylic acids is 1. The fraction of sp³-hybridized carbons (Fsp3) is 0.0714. The Morgan fingerprint density at radius 3 is 1.95 bits per heavy atom. The van der Waals surface area contributed by atoms with Crippen LogP contribution in [0.25, 0.3) is 0 Å². The van der Waals surface area contributed by atoms with E-state index in [0.717, 1.165) is 30.3 Å². The fourth-order valence-electron chi connectivity index (χ4n) is 1.76. The summed E-state index contributed by atoms with van der Waals surface area (Å²) in [5.74, 6) is -5.07. The van der Waals surface area contributed by atoms with Crippen LogP contribution in [0.15, 0.2) is 34.8 Å². The highest BCUT2D eigenvalue weighted by Gasteiger charge is 2.21. The minimum absolute atomic E-state index is 0.126. The van der Waals surface area contributed by atoms with Crippen molar-refractivity contribution < 1.29 is 22.4 Å². The smallest absolute Gasteiger partial charge is 0.173 e. The molecule has 1 nitrogen and oxygen atoms in total. The lowest BCUT2D eigenvalue weighted by molar-refractivity contribution is 0.0982. The zero-order chi connectivity index (χ0) is 14.9. The summed E-state index contributed by atoms with van der Waals surface area (Å²) < 4.78 is 54.1. The number of Topliss-reactive ketones (excluding diaryl/α,β-unsaturated/α-hetero) is 1. The van der Waals surface area contributed by atoms with E-state index in [-0.39, 0.29) is 4.47 Å². The second-order valence-electron chi connectivity index (χ2n) is 4.04. The molecule has 0 aliphatic heterocycles. The molecule has 0 radical (unpaired) electrons. The average molecular weight is 347 g/mol. The van der Waals surface area contributed by atoms with Crippen molar-refractivity contribution >= 4 is 21.7 Å². The van der Waals surface area contributed by atoms with Crippen LogP contribution in [0.1, 0.15) is 15.9 Å². The van der Waals surface area contributed by atoms with Gasteiger partial charge in [0.2, 0.25) is 0 Å². The van der Waals surface area contributed by atoms with Gasteiger partial charge in [0.05, 0.1) is 5.56 Å². The summed E-state index contributed by atoms with van der Waals surface area (Å²) in [6, 6.07) is 4.90. The van der Waals surface area contributed by atoms with Crippen molar-refractivity contribution in [2.45, 2.75) is 6.42 Å². The number of halogens is 5. The van der Waals surface area contributed by atoms with Crippen LogP contribution in [0.5, 0.6) is 0 Å². The van der Waals surface area contributed by atoms with E-state index in [1.54, 1.807) is 0 Å². The summed E-state index contributed by atoms with van der Waals surface area (Å²) in [4.78, 5) is 11.8. The molecule has 0 aromatic heterocycles. The Balaban J connectivity index is 2.39. The topological polar surface area (TPSA) is 17.1 Å². The lowest BCUT2D eigenvalue weighted by Gasteiger charge is -2.07. The molecule has 0 heterocycles. The predicted octanol–water partition coefficient (Wildman–Crippen LogP) is 4.43. The summed E-state index contributed by atoms with van der Waals surface area (Å²) in [7, 11) is 0. The van der Waals surface area contributed by atoms with Gasteiger partial charge in [-0.15, -0.1) is 0 Å². The molecule has 0 saturated heterocycles. The van der Waals surface area contributed by atoms with Gasteiger partial charge in [0, 0.05) is 16.5 Å². The molecule has 0 spiro atoms. The van der Waals surface area contributed by atoms with Crippen LogP contribution in [0.4, 0.5) is 17.6 Å². The molecule has 0 fully saturated rings. The van der Waals surface area contributed by atoms with Crippen LogP contribution < -0.4 is 0 Å². The largest absolute Gasteiger partial charge is 0.294 e. The normalized spacial score (nSPS) is 10.7. The van der Waals surface area contributed by atoms with Crippen molar-refractivity contribution in [3.05, 3.63) is 69.2 Å². The molecule has 20 heavy (non-hydrogen) atoms.